The SMILES string of the molecule is C=CC(N)c1c[nH]c(Br)c1. The van der Waals surface area contributed by atoms with E-state index < -0.39 is 0 Å². The number of aromatic nitrogens is 1. The van der Waals surface area contributed by atoms with E-state index in [1.54, 1.807) is 6.08 Å². The van der Waals surface area contributed by atoms with Gasteiger partial charge in [0.1, 0.15) is 0 Å². The standard InChI is InChI=1S/C7H9BrN2/c1-2-6(9)5-3-7(8)10-4-5/h2-4,6,10H,1,9H2. The van der Waals surface area contributed by atoms with Crippen molar-refractivity contribution in [2.75, 3.05) is 0 Å². The van der Waals surface area contributed by atoms with Crippen LogP contribution in [-0.4, -0.2) is 4.98 Å². The number of rotatable bonds is 2. The summed E-state index contributed by atoms with van der Waals surface area (Å²) in [5.41, 5.74) is 6.69. The van der Waals surface area contributed by atoms with Gasteiger partial charge in [0.15, 0.2) is 0 Å². The van der Waals surface area contributed by atoms with E-state index in [-0.39, 0.29) is 6.04 Å². The summed E-state index contributed by atoms with van der Waals surface area (Å²) in [4.78, 5) is 2.97. The summed E-state index contributed by atoms with van der Waals surface area (Å²) in [6.45, 7) is 3.59. The lowest BCUT2D eigenvalue weighted by atomic mass is 10.2. The van der Waals surface area contributed by atoms with Gasteiger partial charge in [-0.1, -0.05) is 6.08 Å². The fraction of sp³-hybridized carbons (Fsp3) is 0.143. The van der Waals surface area contributed by atoms with Crippen molar-refractivity contribution in [1.82, 2.24) is 4.98 Å². The Morgan fingerprint density at radius 2 is 2.50 bits per heavy atom. The largest absolute Gasteiger partial charge is 0.356 e. The van der Waals surface area contributed by atoms with Gasteiger partial charge in [0, 0.05) is 12.2 Å². The molecule has 0 aliphatic heterocycles. The molecule has 0 saturated heterocycles. The summed E-state index contributed by atoms with van der Waals surface area (Å²) in [5.74, 6) is 0. The zero-order chi connectivity index (χ0) is 7.56. The molecule has 0 aliphatic carbocycles. The number of hydrogen-bond donors (Lipinski definition) is 2. The van der Waals surface area contributed by atoms with Crippen molar-refractivity contribution in [2.45, 2.75) is 6.04 Å². The van der Waals surface area contributed by atoms with Crippen LogP contribution in [0.3, 0.4) is 0 Å². The Kier molecular flexibility index (Phi) is 2.29. The van der Waals surface area contributed by atoms with E-state index in [4.69, 9.17) is 5.73 Å². The van der Waals surface area contributed by atoms with Gasteiger partial charge in [0.2, 0.25) is 0 Å². The Labute approximate surface area is 68.3 Å². The molecule has 1 aromatic heterocycles. The normalized spacial score (nSPS) is 13.0. The molecule has 1 atom stereocenters. The lowest BCUT2D eigenvalue weighted by molar-refractivity contribution is 0.917. The lowest BCUT2D eigenvalue weighted by Crippen LogP contribution is -2.04. The van der Waals surface area contributed by atoms with Gasteiger partial charge >= 0.3 is 0 Å². The van der Waals surface area contributed by atoms with Gasteiger partial charge in [-0.3, -0.25) is 0 Å². The quantitative estimate of drug-likeness (QED) is 0.705. The molecule has 3 heteroatoms. The van der Waals surface area contributed by atoms with E-state index >= 15 is 0 Å². The second kappa shape index (κ2) is 3.03. The summed E-state index contributed by atoms with van der Waals surface area (Å²) < 4.78 is 0.944. The molecule has 1 unspecified atom stereocenters. The molecule has 3 N–H and O–H groups in total. The average Bonchev–Trinajstić information content (AvgIpc) is 2.34. The molecule has 1 rings (SSSR count). The molecule has 0 fully saturated rings. The Hall–Kier alpha value is -0.540. The van der Waals surface area contributed by atoms with E-state index in [2.05, 4.69) is 27.5 Å². The van der Waals surface area contributed by atoms with Crippen molar-refractivity contribution in [1.29, 1.82) is 0 Å². The monoisotopic (exact) mass is 200 g/mol. The fourth-order valence-corrected chi connectivity index (χ4v) is 1.09. The number of nitrogens with two attached hydrogens (primary N) is 1. The Balaban J connectivity index is 2.84. The molecule has 54 valence electrons. The van der Waals surface area contributed by atoms with E-state index in [9.17, 15) is 0 Å². The molecule has 1 aromatic rings. The van der Waals surface area contributed by atoms with Crippen molar-refractivity contribution in [3.8, 4) is 0 Å². The van der Waals surface area contributed by atoms with E-state index in [1.807, 2.05) is 12.3 Å². The van der Waals surface area contributed by atoms with Gasteiger partial charge in [0.05, 0.1) is 4.60 Å². The van der Waals surface area contributed by atoms with Crippen LogP contribution in [0.2, 0.25) is 0 Å². The first kappa shape index (κ1) is 7.57. The number of H-pyrrole nitrogens is 1. The molecule has 0 bridgehead atoms. The van der Waals surface area contributed by atoms with Crippen LogP contribution in [0, 0.1) is 0 Å². The molecule has 0 aliphatic rings. The van der Waals surface area contributed by atoms with Crippen LogP contribution < -0.4 is 5.73 Å². The van der Waals surface area contributed by atoms with Gasteiger partial charge in [-0.2, -0.15) is 0 Å². The summed E-state index contributed by atoms with van der Waals surface area (Å²) in [6.07, 6.45) is 3.56. The molecule has 0 radical (unpaired) electrons. The summed E-state index contributed by atoms with van der Waals surface area (Å²) in [5, 5.41) is 0. The number of hydrogen-bond acceptors (Lipinski definition) is 1. The van der Waals surface area contributed by atoms with Crippen LogP contribution in [-0.2, 0) is 0 Å². The zero-order valence-electron chi connectivity index (χ0n) is 5.47. The predicted molar refractivity (Wildman–Crippen MR) is 45.6 cm³/mol. The van der Waals surface area contributed by atoms with Crippen molar-refractivity contribution in [2.24, 2.45) is 5.73 Å². The fourth-order valence-electron chi connectivity index (χ4n) is 0.710. The number of halogens is 1. The molecular formula is C7H9BrN2. The molecule has 0 aromatic carbocycles. The number of aromatic amines is 1. The second-order valence-corrected chi connectivity index (χ2v) is 2.90. The van der Waals surface area contributed by atoms with Crippen LogP contribution in [0.1, 0.15) is 11.6 Å². The first-order valence-corrected chi connectivity index (χ1v) is 3.75. The smallest absolute Gasteiger partial charge is 0.0823 e. The lowest BCUT2D eigenvalue weighted by Gasteiger charge is -1.99. The zero-order valence-corrected chi connectivity index (χ0v) is 7.06. The molecular weight excluding hydrogens is 192 g/mol. The highest BCUT2D eigenvalue weighted by Crippen LogP contribution is 2.15. The van der Waals surface area contributed by atoms with Gasteiger partial charge in [0.25, 0.3) is 0 Å². The minimum Gasteiger partial charge on any atom is -0.356 e. The van der Waals surface area contributed by atoms with Gasteiger partial charge < -0.3 is 10.7 Å². The first-order chi connectivity index (χ1) is 4.74. The number of nitrogens with one attached hydrogen (secondary N) is 1. The maximum Gasteiger partial charge on any atom is 0.0823 e. The topological polar surface area (TPSA) is 41.8 Å². The summed E-state index contributed by atoms with van der Waals surface area (Å²) in [6, 6.07) is 1.87. The third kappa shape index (κ3) is 1.49. The van der Waals surface area contributed by atoms with Crippen LogP contribution in [0.25, 0.3) is 0 Å². The highest BCUT2D eigenvalue weighted by atomic mass is 79.9. The van der Waals surface area contributed by atoms with Crippen molar-refractivity contribution in [3.05, 3.63) is 35.1 Å². The maximum atomic E-state index is 5.65. The molecule has 10 heavy (non-hydrogen) atoms. The van der Waals surface area contributed by atoms with Crippen LogP contribution in [0.5, 0.6) is 0 Å². The van der Waals surface area contributed by atoms with E-state index in [0.717, 1.165) is 10.2 Å². The van der Waals surface area contributed by atoms with Crippen LogP contribution in [0.4, 0.5) is 0 Å². The third-order valence-corrected chi connectivity index (χ3v) is 1.77. The Morgan fingerprint density at radius 3 is 2.90 bits per heavy atom. The minimum atomic E-state index is -0.0671. The first-order valence-electron chi connectivity index (χ1n) is 2.96. The van der Waals surface area contributed by atoms with Crippen LogP contribution in [0.15, 0.2) is 29.5 Å². The van der Waals surface area contributed by atoms with Gasteiger partial charge in [-0.05, 0) is 27.6 Å². The molecule has 0 amide bonds. The van der Waals surface area contributed by atoms with Crippen molar-refractivity contribution >= 4 is 15.9 Å². The summed E-state index contributed by atoms with van der Waals surface area (Å²) >= 11 is 3.28. The highest BCUT2D eigenvalue weighted by molar-refractivity contribution is 9.10. The molecule has 0 saturated carbocycles. The Bertz CT molecular complexity index is 229. The minimum absolute atomic E-state index is 0.0671. The van der Waals surface area contributed by atoms with E-state index in [1.165, 1.54) is 0 Å². The Morgan fingerprint density at radius 1 is 1.80 bits per heavy atom. The maximum absolute atomic E-state index is 5.65. The predicted octanol–water partition coefficient (Wildman–Crippen LogP) is 1.96. The van der Waals surface area contributed by atoms with Gasteiger partial charge in [-0.25, -0.2) is 0 Å². The van der Waals surface area contributed by atoms with Crippen LogP contribution >= 0.6 is 15.9 Å². The molecule has 1 heterocycles. The van der Waals surface area contributed by atoms with Crippen molar-refractivity contribution in [3.63, 3.8) is 0 Å². The van der Waals surface area contributed by atoms with Crippen molar-refractivity contribution < 1.29 is 0 Å². The third-order valence-electron chi connectivity index (χ3n) is 1.31. The van der Waals surface area contributed by atoms with E-state index in [0.29, 0.717) is 0 Å². The van der Waals surface area contributed by atoms with Gasteiger partial charge in [-0.15, -0.1) is 6.58 Å². The summed E-state index contributed by atoms with van der Waals surface area (Å²) in [7, 11) is 0. The average molecular weight is 201 g/mol. The molecule has 0 spiro atoms. The molecule has 2 nitrogen and oxygen atoms in total. The highest BCUT2D eigenvalue weighted by Gasteiger charge is 2.01. The second-order valence-electron chi connectivity index (χ2n) is 2.04.